The van der Waals surface area contributed by atoms with Crippen molar-refractivity contribution in [3.63, 3.8) is 0 Å². The molecule has 0 aliphatic carbocycles. The van der Waals surface area contributed by atoms with Crippen LogP contribution in [0.3, 0.4) is 0 Å². The SMILES string of the molecule is COc1ccc2c(c1)CCN(C(=O)CCC1(CCC(=O)O)CCC(=O)N1)C2. The van der Waals surface area contributed by atoms with Crippen molar-refractivity contribution >= 4 is 17.8 Å². The van der Waals surface area contributed by atoms with Gasteiger partial charge in [0.25, 0.3) is 0 Å². The third-order valence-corrected chi connectivity index (χ3v) is 5.65. The van der Waals surface area contributed by atoms with Crippen LogP contribution in [0.25, 0.3) is 0 Å². The number of carbonyl (C=O) groups excluding carboxylic acids is 2. The molecule has 0 saturated carbocycles. The topological polar surface area (TPSA) is 95.9 Å². The molecule has 0 spiro atoms. The van der Waals surface area contributed by atoms with E-state index in [0.29, 0.717) is 45.2 Å². The number of fused-ring (bicyclic) bond motifs is 1. The van der Waals surface area contributed by atoms with Crippen LogP contribution in [0.4, 0.5) is 0 Å². The molecule has 1 saturated heterocycles. The van der Waals surface area contributed by atoms with Crippen LogP contribution in [-0.2, 0) is 27.3 Å². The molecule has 146 valence electrons. The lowest BCUT2D eigenvalue weighted by molar-refractivity contribution is -0.137. The first-order valence-corrected chi connectivity index (χ1v) is 9.37. The molecule has 7 heteroatoms. The largest absolute Gasteiger partial charge is 0.497 e. The maximum absolute atomic E-state index is 12.7. The molecule has 7 nitrogen and oxygen atoms in total. The summed E-state index contributed by atoms with van der Waals surface area (Å²) in [6, 6.07) is 5.92. The summed E-state index contributed by atoms with van der Waals surface area (Å²) in [7, 11) is 1.64. The number of carboxylic acids is 1. The molecule has 0 bridgehead atoms. The Kier molecular flexibility index (Phi) is 5.68. The lowest BCUT2D eigenvalue weighted by Crippen LogP contribution is -2.44. The third kappa shape index (κ3) is 4.59. The number of ether oxygens (including phenoxy) is 1. The van der Waals surface area contributed by atoms with Gasteiger partial charge in [0.05, 0.1) is 7.11 Å². The number of rotatable bonds is 7. The fraction of sp³-hybridized carbons (Fsp3) is 0.550. The molecule has 2 heterocycles. The molecule has 2 N–H and O–H groups in total. The lowest BCUT2D eigenvalue weighted by atomic mass is 9.86. The van der Waals surface area contributed by atoms with Gasteiger partial charge in [-0.2, -0.15) is 0 Å². The normalized spacial score (nSPS) is 21.5. The van der Waals surface area contributed by atoms with E-state index >= 15 is 0 Å². The van der Waals surface area contributed by atoms with Gasteiger partial charge in [-0.3, -0.25) is 14.4 Å². The molecule has 1 aromatic rings. The number of hydrogen-bond acceptors (Lipinski definition) is 4. The molecule has 2 aliphatic heterocycles. The quantitative estimate of drug-likeness (QED) is 0.760. The Balaban J connectivity index is 1.59. The minimum atomic E-state index is -0.884. The number of benzene rings is 1. The molecule has 27 heavy (non-hydrogen) atoms. The molecule has 0 aromatic heterocycles. The van der Waals surface area contributed by atoms with Gasteiger partial charge in [0.2, 0.25) is 11.8 Å². The second-order valence-corrected chi connectivity index (χ2v) is 7.42. The minimum Gasteiger partial charge on any atom is -0.497 e. The van der Waals surface area contributed by atoms with Crippen LogP contribution >= 0.6 is 0 Å². The number of amides is 2. The first kappa shape index (κ1) is 19.2. The van der Waals surface area contributed by atoms with Gasteiger partial charge in [0.1, 0.15) is 5.75 Å². The number of aliphatic carboxylic acids is 1. The van der Waals surface area contributed by atoms with Gasteiger partial charge in [-0.15, -0.1) is 0 Å². The van der Waals surface area contributed by atoms with Crippen molar-refractivity contribution in [1.82, 2.24) is 10.2 Å². The molecule has 2 aliphatic rings. The third-order valence-electron chi connectivity index (χ3n) is 5.65. The number of nitrogens with zero attached hydrogens (tertiary/aromatic N) is 1. The van der Waals surface area contributed by atoms with Crippen molar-refractivity contribution in [3.05, 3.63) is 29.3 Å². The summed E-state index contributed by atoms with van der Waals surface area (Å²) in [4.78, 5) is 37.2. The van der Waals surface area contributed by atoms with E-state index in [2.05, 4.69) is 5.32 Å². The first-order chi connectivity index (χ1) is 12.9. The van der Waals surface area contributed by atoms with Crippen molar-refractivity contribution in [1.29, 1.82) is 0 Å². The molecule has 1 aromatic carbocycles. The molecule has 1 unspecified atom stereocenters. The van der Waals surface area contributed by atoms with Gasteiger partial charge in [0.15, 0.2) is 0 Å². The second-order valence-electron chi connectivity index (χ2n) is 7.42. The monoisotopic (exact) mass is 374 g/mol. The van der Waals surface area contributed by atoms with Crippen molar-refractivity contribution in [3.8, 4) is 5.75 Å². The Hall–Kier alpha value is -2.57. The van der Waals surface area contributed by atoms with Crippen LogP contribution in [0.1, 0.15) is 49.7 Å². The second kappa shape index (κ2) is 7.98. The number of methoxy groups -OCH3 is 1. The van der Waals surface area contributed by atoms with E-state index < -0.39 is 11.5 Å². The standard InChI is InChI=1S/C20H26N2O5/c1-27-16-3-2-15-13-22(11-7-14(15)12-16)18(24)5-9-20(10-6-19(25)26)8-4-17(23)21-20/h2-3,12H,4-11,13H2,1H3,(H,21,23)(H,25,26). The highest BCUT2D eigenvalue weighted by Gasteiger charge is 2.38. The van der Waals surface area contributed by atoms with Gasteiger partial charge in [-0.05, 0) is 48.9 Å². The summed E-state index contributed by atoms with van der Waals surface area (Å²) in [5.41, 5.74) is 1.77. The average Bonchev–Trinajstić information content (AvgIpc) is 3.05. The summed E-state index contributed by atoms with van der Waals surface area (Å²) in [6.45, 7) is 1.24. The predicted molar refractivity (Wildman–Crippen MR) is 98.3 cm³/mol. The lowest BCUT2D eigenvalue weighted by Gasteiger charge is -2.32. The van der Waals surface area contributed by atoms with Crippen molar-refractivity contribution in [2.75, 3.05) is 13.7 Å². The predicted octanol–water partition coefficient (Wildman–Crippen LogP) is 1.87. The molecular weight excluding hydrogens is 348 g/mol. The zero-order valence-corrected chi connectivity index (χ0v) is 15.6. The van der Waals surface area contributed by atoms with E-state index in [1.165, 1.54) is 5.56 Å². The number of carboxylic acid groups (broad SMARTS) is 1. The highest BCUT2D eigenvalue weighted by molar-refractivity contribution is 5.80. The molecule has 1 atom stereocenters. The smallest absolute Gasteiger partial charge is 0.303 e. The van der Waals surface area contributed by atoms with Gasteiger partial charge >= 0.3 is 5.97 Å². The van der Waals surface area contributed by atoms with Gasteiger partial charge in [0, 0.05) is 37.9 Å². The van der Waals surface area contributed by atoms with Crippen LogP contribution in [0.5, 0.6) is 5.75 Å². The van der Waals surface area contributed by atoms with E-state index in [9.17, 15) is 14.4 Å². The summed E-state index contributed by atoms with van der Waals surface area (Å²) >= 11 is 0. The zero-order valence-electron chi connectivity index (χ0n) is 15.6. The van der Waals surface area contributed by atoms with Crippen LogP contribution in [-0.4, -0.2) is 47.0 Å². The van der Waals surface area contributed by atoms with Crippen LogP contribution < -0.4 is 10.1 Å². The fourth-order valence-electron chi connectivity index (χ4n) is 3.99. The summed E-state index contributed by atoms with van der Waals surface area (Å²) in [5.74, 6) is -0.0724. The van der Waals surface area contributed by atoms with Crippen LogP contribution in [0, 0.1) is 0 Å². The van der Waals surface area contributed by atoms with Crippen molar-refractivity contribution in [2.24, 2.45) is 0 Å². The summed E-state index contributed by atoms with van der Waals surface area (Å²) in [6.07, 6.45) is 2.93. The van der Waals surface area contributed by atoms with E-state index in [1.54, 1.807) is 7.11 Å². The Morgan fingerprint density at radius 1 is 1.22 bits per heavy atom. The minimum absolute atomic E-state index is 0.00655. The van der Waals surface area contributed by atoms with E-state index in [1.807, 2.05) is 23.1 Å². The van der Waals surface area contributed by atoms with Crippen LogP contribution in [0.2, 0.25) is 0 Å². The average molecular weight is 374 g/mol. The Labute approximate surface area is 158 Å². The fourth-order valence-corrected chi connectivity index (χ4v) is 3.99. The van der Waals surface area contributed by atoms with E-state index in [-0.39, 0.29) is 18.2 Å². The van der Waals surface area contributed by atoms with E-state index in [0.717, 1.165) is 17.7 Å². The first-order valence-electron chi connectivity index (χ1n) is 9.37. The zero-order chi connectivity index (χ0) is 19.4. The molecule has 2 amide bonds. The molecule has 3 rings (SSSR count). The molecule has 0 radical (unpaired) electrons. The van der Waals surface area contributed by atoms with Gasteiger partial charge in [-0.25, -0.2) is 0 Å². The van der Waals surface area contributed by atoms with E-state index in [4.69, 9.17) is 9.84 Å². The Morgan fingerprint density at radius 2 is 2.00 bits per heavy atom. The van der Waals surface area contributed by atoms with Crippen molar-refractivity contribution in [2.45, 2.75) is 57.0 Å². The Morgan fingerprint density at radius 3 is 2.67 bits per heavy atom. The van der Waals surface area contributed by atoms with Crippen LogP contribution in [0.15, 0.2) is 18.2 Å². The van der Waals surface area contributed by atoms with Gasteiger partial charge in [-0.1, -0.05) is 6.07 Å². The number of hydrogen-bond donors (Lipinski definition) is 2. The van der Waals surface area contributed by atoms with Crippen molar-refractivity contribution < 1.29 is 24.2 Å². The maximum Gasteiger partial charge on any atom is 0.303 e. The number of carbonyl (C=O) groups is 3. The molecule has 1 fully saturated rings. The summed E-state index contributed by atoms with van der Waals surface area (Å²) in [5, 5.41) is 11.9. The maximum atomic E-state index is 12.7. The highest BCUT2D eigenvalue weighted by Crippen LogP contribution is 2.31. The molecular formula is C20H26N2O5. The number of nitrogens with one attached hydrogen (secondary N) is 1. The summed E-state index contributed by atoms with van der Waals surface area (Å²) < 4.78 is 5.25. The highest BCUT2D eigenvalue weighted by atomic mass is 16.5. The Bertz CT molecular complexity index is 748. The van der Waals surface area contributed by atoms with Gasteiger partial charge < -0.3 is 20.1 Å².